The average Bonchev–Trinajstić information content (AvgIpc) is 3.13. The summed E-state index contributed by atoms with van der Waals surface area (Å²) in [6, 6.07) is 17.2. The van der Waals surface area contributed by atoms with E-state index in [1.54, 1.807) is 6.20 Å². The van der Waals surface area contributed by atoms with Crippen molar-refractivity contribution < 1.29 is 4.79 Å². The van der Waals surface area contributed by atoms with Gasteiger partial charge in [-0.3, -0.25) is 9.69 Å². The summed E-state index contributed by atoms with van der Waals surface area (Å²) in [5.41, 5.74) is 2.93. The fraction of sp³-hybridized carbons (Fsp3) is 0.238. The Morgan fingerprint density at radius 2 is 1.78 bits per heavy atom. The van der Waals surface area contributed by atoms with Gasteiger partial charge in [0, 0.05) is 4.47 Å². The van der Waals surface area contributed by atoms with E-state index < -0.39 is 0 Å². The lowest BCUT2D eigenvalue weighted by molar-refractivity contribution is -0.126. The number of amides is 1. The Hall–Kier alpha value is -2.44. The largest absolute Gasteiger partial charge is 0.345 e. The first-order chi connectivity index (χ1) is 13.0. The summed E-state index contributed by atoms with van der Waals surface area (Å²) in [4.78, 5) is 22.5. The van der Waals surface area contributed by atoms with Gasteiger partial charge in [0.05, 0.1) is 17.9 Å². The van der Waals surface area contributed by atoms with Gasteiger partial charge < -0.3 is 10.3 Å². The molecule has 0 aliphatic rings. The van der Waals surface area contributed by atoms with E-state index in [0.29, 0.717) is 0 Å². The van der Waals surface area contributed by atoms with Crippen LogP contribution in [0.25, 0.3) is 11.3 Å². The number of rotatable bonds is 6. The molecule has 140 valence electrons. The van der Waals surface area contributed by atoms with Crippen LogP contribution in [0.5, 0.6) is 0 Å². The van der Waals surface area contributed by atoms with E-state index in [-0.39, 0.29) is 18.0 Å². The van der Waals surface area contributed by atoms with Crippen LogP contribution < -0.4 is 5.32 Å². The summed E-state index contributed by atoms with van der Waals surface area (Å²) in [6.07, 6.45) is 1.79. The number of benzene rings is 2. The molecule has 2 atom stereocenters. The molecule has 27 heavy (non-hydrogen) atoms. The first kappa shape index (κ1) is 19.3. The molecule has 6 heteroatoms. The van der Waals surface area contributed by atoms with Crippen molar-refractivity contribution in [2.24, 2.45) is 0 Å². The SMILES string of the molecule is C[C@@H](NC(=O)[C@@H](c1ccccc1)N(C)C)c1ncc(-c2ccc(Br)cc2)[nH]1. The molecule has 2 aromatic carbocycles. The number of nitrogens with zero attached hydrogens (tertiary/aromatic N) is 2. The van der Waals surface area contributed by atoms with Crippen molar-refractivity contribution in [2.75, 3.05) is 14.1 Å². The molecule has 0 saturated heterocycles. The molecule has 1 amide bonds. The molecule has 1 aromatic heterocycles. The standard InChI is InChI=1S/C21H23BrN4O/c1-14(20-23-13-18(25-20)15-9-11-17(22)12-10-15)24-21(27)19(26(2)3)16-7-5-4-6-8-16/h4-14,19H,1-3H3,(H,23,25)(H,24,27)/t14-,19-/m1/s1. The predicted molar refractivity (Wildman–Crippen MR) is 111 cm³/mol. The molecule has 0 unspecified atom stereocenters. The number of carbonyl (C=O) groups is 1. The first-order valence-electron chi connectivity index (χ1n) is 8.78. The first-order valence-corrected chi connectivity index (χ1v) is 9.57. The normalized spacial score (nSPS) is 13.4. The number of H-pyrrole nitrogens is 1. The molecule has 0 aliphatic carbocycles. The fourth-order valence-electron chi connectivity index (χ4n) is 3.01. The maximum absolute atomic E-state index is 12.9. The van der Waals surface area contributed by atoms with Crippen LogP contribution in [0.3, 0.4) is 0 Å². The zero-order valence-electron chi connectivity index (χ0n) is 15.6. The number of halogens is 1. The topological polar surface area (TPSA) is 61.0 Å². The zero-order chi connectivity index (χ0) is 19.4. The van der Waals surface area contributed by atoms with Gasteiger partial charge in [0.1, 0.15) is 11.9 Å². The van der Waals surface area contributed by atoms with Gasteiger partial charge in [-0.1, -0.05) is 58.4 Å². The van der Waals surface area contributed by atoms with E-state index in [1.165, 1.54) is 0 Å². The highest BCUT2D eigenvalue weighted by Gasteiger charge is 2.25. The quantitative estimate of drug-likeness (QED) is 0.616. The summed E-state index contributed by atoms with van der Waals surface area (Å²) in [7, 11) is 3.81. The van der Waals surface area contributed by atoms with E-state index in [9.17, 15) is 4.79 Å². The Labute approximate surface area is 168 Å². The predicted octanol–water partition coefficient (Wildman–Crippen LogP) is 4.32. The van der Waals surface area contributed by atoms with Crippen molar-refractivity contribution >= 4 is 21.8 Å². The molecule has 0 spiro atoms. The van der Waals surface area contributed by atoms with E-state index in [0.717, 1.165) is 27.1 Å². The number of aromatic nitrogens is 2. The van der Waals surface area contributed by atoms with E-state index in [4.69, 9.17) is 0 Å². The lowest BCUT2D eigenvalue weighted by atomic mass is 10.0. The monoisotopic (exact) mass is 426 g/mol. The Balaban J connectivity index is 1.73. The van der Waals surface area contributed by atoms with E-state index in [1.807, 2.05) is 80.5 Å². The molecule has 0 radical (unpaired) electrons. The number of likely N-dealkylation sites (N-methyl/N-ethyl adjacent to an activating group) is 1. The van der Waals surface area contributed by atoms with Gasteiger partial charge in [-0.2, -0.15) is 0 Å². The fourth-order valence-corrected chi connectivity index (χ4v) is 3.28. The lowest BCUT2D eigenvalue weighted by Gasteiger charge is -2.25. The van der Waals surface area contributed by atoms with Crippen LogP contribution in [0.2, 0.25) is 0 Å². The summed E-state index contributed by atoms with van der Waals surface area (Å²) in [6.45, 7) is 1.93. The average molecular weight is 427 g/mol. The van der Waals surface area contributed by atoms with Crippen molar-refractivity contribution in [3.8, 4) is 11.3 Å². The Morgan fingerprint density at radius 1 is 1.11 bits per heavy atom. The second-order valence-corrected chi connectivity index (χ2v) is 7.61. The Kier molecular flexibility index (Phi) is 6.08. The van der Waals surface area contributed by atoms with Gasteiger partial charge in [0.2, 0.25) is 5.91 Å². The molecular formula is C21H23BrN4O. The van der Waals surface area contributed by atoms with Crippen LogP contribution in [0.1, 0.15) is 30.4 Å². The number of hydrogen-bond donors (Lipinski definition) is 2. The molecule has 1 heterocycles. The molecule has 5 nitrogen and oxygen atoms in total. The maximum Gasteiger partial charge on any atom is 0.242 e. The van der Waals surface area contributed by atoms with Crippen molar-refractivity contribution in [1.82, 2.24) is 20.2 Å². The number of hydrogen-bond acceptors (Lipinski definition) is 3. The van der Waals surface area contributed by atoms with Gasteiger partial charge in [-0.25, -0.2) is 4.98 Å². The molecule has 0 bridgehead atoms. The number of nitrogens with one attached hydrogen (secondary N) is 2. The highest BCUT2D eigenvalue weighted by atomic mass is 79.9. The highest BCUT2D eigenvalue weighted by Crippen LogP contribution is 2.23. The van der Waals surface area contributed by atoms with Gasteiger partial charge in [0.25, 0.3) is 0 Å². The van der Waals surface area contributed by atoms with Crippen LogP contribution in [0.15, 0.2) is 65.3 Å². The minimum absolute atomic E-state index is 0.0553. The smallest absolute Gasteiger partial charge is 0.242 e. The van der Waals surface area contributed by atoms with Crippen LogP contribution in [-0.4, -0.2) is 34.9 Å². The second kappa shape index (κ2) is 8.50. The molecule has 2 N–H and O–H groups in total. The molecule has 3 aromatic rings. The third-order valence-electron chi connectivity index (χ3n) is 4.40. The Morgan fingerprint density at radius 3 is 2.41 bits per heavy atom. The number of carbonyl (C=O) groups excluding carboxylic acids is 1. The van der Waals surface area contributed by atoms with Crippen LogP contribution in [-0.2, 0) is 4.79 Å². The third kappa shape index (κ3) is 4.64. The minimum Gasteiger partial charge on any atom is -0.345 e. The van der Waals surface area contributed by atoms with Crippen molar-refractivity contribution in [2.45, 2.75) is 19.0 Å². The van der Waals surface area contributed by atoms with E-state index >= 15 is 0 Å². The number of imidazole rings is 1. The zero-order valence-corrected chi connectivity index (χ0v) is 17.2. The summed E-state index contributed by atoms with van der Waals surface area (Å²) in [5, 5.41) is 3.07. The van der Waals surface area contributed by atoms with Crippen molar-refractivity contribution in [1.29, 1.82) is 0 Å². The number of aromatic amines is 1. The van der Waals surface area contributed by atoms with Crippen LogP contribution in [0, 0.1) is 0 Å². The second-order valence-electron chi connectivity index (χ2n) is 6.70. The molecule has 0 fully saturated rings. The van der Waals surface area contributed by atoms with Gasteiger partial charge in [0.15, 0.2) is 0 Å². The molecule has 0 aliphatic heterocycles. The molecular weight excluding hydrogens is 404 g/mol. The lowest BCUT2D eigenvalue weighted by Crippen LogP contribution is -2.38. The van der Waals surface area contributed by atoms with Crippen molar-refractivity contribution in [3.05, 3.63) is 76.7 Å². The van der Waals surface area contributed by atoms with Crippen LogP contribution in [0.4, 0.5) is 0 Å². The van der Waals surface area contributed by atoms with E-state index in [2.05, 4.69) is 31.2 Å². The third-order valence-corrected chi connectivity index (χ3v) is 4.93. The van der Waals surface area contributed by atoms with Crippen LogP contribution >= 0.6 is 15.9 Å². The minimum atomic E-state index is -0.352. The van der Waals surface area contributed by atoms with Gasteiger partial charge in [-0.05, 0) is 44.3 Å². The van der Waals surface area contributed by atoms with Crippen molar-refractivity contribution in [3.63, 3.8) is 0 Å². The summed E-state index contributed by atoms with van der Waals surface area (Å²) >= 11 is 3.44. The molecule has 0 saturated carbocycles. The molecule has 3 rings (SSSR count). The summed E-state index contributed by atoms with van der Waals surface area (Å²) in [5.74, 6) is 0.673. The summed E-state index contributed by atoms with van der Waals surface area (Å²) < 4.78 is 1.03. The van der Waals surface area contributed by atoms with Gasteiger partial charge in [-0.15, -0.1) is 0 Å². The Bertz CT molecular complexity index is 890. The van der Waals surface area contributed by atoms with Gasteiger partial charge >= 0.3 is 0 Å². The maximum atomic E-state index is 12.9. The highest BCUT2D eigenvalue weighted by molar-refractivity contribution is 9.10.